The number of thioether (sulfide) groups is 1. The molecule has 0 bridgehead atoms. The van der Waals surface area contributed by atoms with E-state index in [2.05, 4.69) is 9.97 Å². The lowest BCUT2D eigenvalue weighted by Gasteiger charge is -2.10. The first kappa shape index (κ1) is 14.5. The fraction of sp³-hybridized carbons (Fsp3) is 0.500. The van der Waals surface area contributed by atoms with Crippen LogP contribution < -0.4 is 0 Å². The van der Waals surface area contributed by atoms with Crippen molar-refractivity contribution in [1.82, 2.24) is 14.9 Å². The van der Waals surface area contributed by atoms with Crippen LogP contribution in [-0.4, -0.2) is 54.8 Å². The molecule has 19 heavy (non-hydrogen) atoms. The fourth-order valence-corrected chi connectivity index (χ4v) is 4.81. The van der Waals surface area contributed by atoms with Gasteiger partial charge in [0.25, 0.3) is 0 Å². The summed E-state index contributed by atoms with van der Waals surface area (Å²) in [5.74, 6) is 0.0124. The van der Waals surface area contributed by atoms with E-state index in [-0.39, 0.29) is 32.6 Å². The normalized spacial score (nSPS) is 16.2. The Hall–Kier alpha value is -0.860. The van der Waals surface area contributed by atoms with Crippen LogP contribution in [0.1, 0.15) is 5.69 Å². The van der Waals surface area contributed by atoms with Gasteiger partial charge in [-0.15, -0.1) is 0 Å². The maximum atomic E-state index is 11.9. The van der Waals surface area contributed by atoms with Crippen molar-refractivity contribution in [3.8, 4) is 0 Å². The van der Waals surface area contributed by atoms with Crippen LogP contribution in [0.3, 0.4) is 0 Å². The van der Waals surface area contributed by atoms with Crippen LogP contribution >= 0.6 is 23.4 Å². The second kappa shape index (κ2) is 5.26. The minimum Gasteiger partial charge on any atom is -0.348 e. The Morgan fingerprint density at radius 3 is 2.74 bits per heavy atom. The molecule has 6 nitrogen and oxygen atoms in total. The summed E-state index contributed by atoms with van der Waals surface area (Å²) in [5.41, 5.74) is 0.444. The van der Waals surface area contributed by atoms with E-state index in [1.54, 1.807) is 14.1 Å². The lowest BCUT2D eigenvalue weighted by Crippen LogP contribution is -2.23. The molecule has 2 heterocycles. The van der Waals surface area contributed by atoms with Gasteiger partial charge in [-0.1, -0.05) is 11.8 Å². The highest BCUT2D eigenvalue weighted by Crippen LogP contribution is 2.33. The standard InChI is InChI=1S/C10H12ClN3O3S2/c1-14(2)7(15)5-18-9-8-6(12-10(11)13-9)3-4-19(8,16)17/h3-5H2,1-2H3. The monoisotopic (exact) mass is 321 g/mol. The number of aromatic nitrogens is 2. The van der Waals surface area contributed by atoms with Crippen LogP contribution in [0.4, 0.5) is 0 Å². The number of sulfone groups is 1. The summed E-state index contributed by atoms with van der Waals surface area (Å²) in [6.45, 7) is 0. The molecule has 1 aliphatic rings. The van der Waals surface area contributed by atoms with E-state index in [0.717, 1.165) is 11.8 Å². The highest BCUT2D eigenvalue weighted by molar-refractivity contribution is 8.00. The molecular formula is C10H12ClN3O3S2. The molecule has 0 atom stereocenters. The first-order valence-corrected chi connectivity index (χ1v) is 8.45. The minimum absolute atomic E-state index is 0.00986. The van der Waals surface area contributed by atoms with Crippen LogP contribution in [0.2, 0.25) is 5.28 Å². The predicted molar refractivity (Wildman–Crippen MR) is 72.2 cm³/mol. The lowest BCUT2D eigenvalue weighted by molar-refractivity contribution is -0.125. The van der Waals surface area contributed by atoms with Crippen LogP contribution in [0.25, 0.3) is 0 Å². The minimum atomic E-state index is -3.35. The second-order valence-corrected chi connectivity index (χ2v) is 7.57. The molecule has 0 saturated carbocycles. The van der Waals surface area contributed by atoms with Gasteiger partial charge in [0.1, 0.15) is 9.92 Å². The molecule has 1 amide bonds. The molecule has 2 rings (SSSR count). The number of nitrogens with zero attached hydrogens (tertiary/aromatic N) is 3. The SMILES string of the molecule is CN(C)C(=O)CSc1nc(Cl)nc2c1S(=O)(=O)CC2. The van der Waals surface area contributed by atoms with E-state index in [9.17, 15) is 13.2 Å². The summed E-state index contributed by atoms with van der Waals surface area (Å²) >= 11 is 6.85. The van der Waals surface area contributed by atoms with Crippen molar-refractivity contribution >= 4 is 39.1 Å². The molecule has 1 aromatic rings. The molecule has 9 heteroatoms. The van der Waals surface area contributed by atoms with Gasteiger partial charge < -0.3 is 4.90 Å². The van der Waals surface area contributed by atoms with E-state index in [1.807, 2.05) is 0 Å². The molecule has 0 unspecified atom stereocenters. The third-order valence-electron chi connectivity index (χ3n) is 2.63. The summed E-state index contributed by atoms with van der Waals surface area (Å²) in [4.78, 5) is 21.0. The molecule has 0 spiro atoms. The molecule has 0 aromatic carbocycles. The summed E-state index contributed by atoms with van der Waals surface area (Å²) in [6, 6.07) is 0. The van der Waals surface area contributed by atoms with Crippen LogP contribution in [0, 0.1) is 0 Å². The van der Waals surface area contributed by atoms with E-state index in [0.29, 0.717) is 12.1 Å². The van der Waals surface area contributed by atoms with E-state index < -0.39 is 9.84 Å². The molecule has 0 aliphatic carbocycles. The smallest absolute Gasteiger partial charge is 0.232 e. The molecule has 0 N–H and O–H groups in total. The van der Waals surface area contributed by atoms with Crippen molar-refractivity contribution in [1.29, 1.82) is 0 Å². The molecule has 1 aliphatic heterocycles. The van der Waals surface area contributed by atoms with Crippen LogP contribution in [0.5, 0.6) is 0 Å². The van der Waals surface area contributed by atoms with E-state index >= 15 is 0 Å². The topological polar surface area (TPSA) is 80.2 Å². The van der Waals surface area contributed by atoms with Gasteiger partial charge in [-0.2, -0.15) is 0 Å². The summed E-state index contributed by atoms with van der Waals surface area (Å²) in [5, 5.41) is 0.276. The number of aryl methyl sites for hydroxylation is 1. The zero-order valence-corrected chi connectivity index (χ0v) is 12.8. The van der Waals surface area contributed by atoms with E-state index in [4.69, 9.17) is 11.6 Å². The molecule has 1 aromatic heterocycles. The average Bonchev–Trinajstić information content (AvgIpc) is 2.61. The Kier molecular flexibility index (Phi) is 4.03. The quantitative estimate of drug-likeness (QED) is 0.462. The van der Waals surface area contributed by atoms with Gasteiger partial charge in [-0.05, 0) is 11.6 Å². The Balaban J connectivity index is 2.34. The first-order valence-electron chi connectivity index (χ1n) is 5.43. The van der Waals surface area contributed by atoms with Crippen LogP contribution in [-0.2, 0) is 21.1 Å². The third kappa shape index (κ3) is 3.01. The van der Waals surface area contributed by atoms with Gasteiger partial charge in [-0.3, -0.25) is 4.79 Å². The predicted octanol–water partition coefficient (Wildman–Crippen LogP) is 0.640. The number of rotatable bonds is 3. The molecular weight excluding hydrogens is 310 g/mol. The van der Waals surface area contributed by atoms with Crippen molar-refractivity contribution in [3.63, 3.8) is 0 Å². The number of hydrogen-bond donors (Lipinski definition) is 0. The van der Waals surface area contributed by atoms with Gasteiger partial charge in [0, 0.05) is 20.5 Å². The molecule has 0 fully saturated rings. The maximum Gasteiger partial charge on any atom is 0.232 e. The number of hydrogen-bond acceptors (Lipinski definition) is 6. The number of carbonyl (C=O) groups excluding carboxylic acids is 1. The summed E-state index contributed by atoms with van der Waals surface area (Å²) < 4.78 is 23.9. The van der Waals surface area contributed by atoms with Gasteiger partial charge in [0.2, 0.25) is 11.2 Å². The van der Waals surface area contributed by atoms with Gasteiger partial charge in [0.05, 0.1) is 17.2 Å². The highest BCUT2D eigenvalue weighted by atomic mass is 35.5. The van der Waals surface area contributed by atoms with Gasteiger partial charge in [-0.25, -0.2) is 18.4 Å². The van der Waals surface area contributed by atoms with Crippen molar-refractivity contribution in [2.75, 3.05) is 25.6 Å². The fourth-order valence-electron chi connectivity index (χ4n) is 1.62. The number of carbonyl (C=O) groups is 1. The largest absolute Gasteiger partial charge is 0.348 e. The van der Waals surface area contributed by atoms with E-state index in [1.165, 1.54) is 4.90 Å². The number of halogens is 1. The summed E-state index contributed by atoms with van der Waals surface area (Å²) in [6.07, 6.45) is 0.342. The molecule has 104 valence electrons. The Morgan fingerprint density at radius 1 is 1.42 bits per heavy atom. The van der Waals surface area contributed by atoms with Crippen molar-refractivity contribution in [2.24, 2.45) is 0 Å². The summed E-state index contributed by atoms with van der Waals surface area (Å²) in [7, 11) is -0.0787. The first-order chi connectivity index (χ1) is 8.81. The van der Waals surface area contributed by atoms with Crippen molar-refractivity contribution < 1.29 is 13.2 Å². The number of amides is 1. The Morgan fingerprint density at radius 2 is 2.11 bits per heavy atom. The third-order valence-corrected chi connectivity index (χ3v) is 5.68. The Labute approximate surface area is 120 Å². The zero-order valence-electron chi connectivity index (χ0n) is 10.4. The zero-order chi connectivity index (χ0) is 14.2. The maximum absolute atomic E-state index is 11.9. The second-order valence-electron chi connectivity index (χ2n) is 4.22. The van der Waals surface area contributed by atoms with Gasteiger partial charge >= 0.3 is 0 Å². The lowest BCUT2D eigenvalue weighted by atomic mass is 10.3. The van der Waals surface area contributed by atoms with Crippen LogP contribution in [0.15, 0.2) is 9.92 Å². The average molecular weight is 322 g/mol. The van der Waals surface area contributed by atoms with Crippen molar-refractivity contribution in [2.45, 2.75) is 16.3 Å². The number of fused-ring (bicyclic) bond motifs is 1. The molecule has 0 saturated heterocycles. The van der Waals surface area contributed by atoms with Crippen molar-refractivity contribution in [3.05, 3.63) is 11.0 Å². The highest BCUT2D eigenvalue weighted by Gasteiger charge is 2.32. The molecule has 0 radical (unpaired) electrons. The Bertz CT molecular complexity index is 631. The van der Waals surface area contributed by atoms with Gasteiger partial charge in [0.15, 0.2) is 9.84 Å².